The third kappa shape index (κ3) is 3.52. The van der Waals surface area contributed by atoms with Crippen molar-refractivity contribution in [2.24, 2.45) is 0 Å². The number of ether oxygens (including phenoxy) is 1. The quantitative estimate of drug-likeness (QED) is 0.824. The lowest BCUT2D eigenvalue weighted by atomic mass is 10.2. The highest BCUT2D eigenvalue weighted by molar-refractivity contribution is 7.99. The molecular weight excluding hydrogens is 262 g/mol. The molecule has 2 rings (SSSR count). The largest absolute Gasteiger partial charge is 0.468 e. The highest BCUT2D eigenvalue weighted by atomic mass is 32.2. The standard InChI is InChI=1S/C14H17NO3S/c1-15-11(8-19-9-14(16)17-2)13-7-10-5-3-4-6-12(10)18-13/h3-7,11,15H,8-9H2,1-2H3. The highest BCUT2D eigenvalue weighted by Gasteiger charge is 2.15. The average Bonchev–Trinajstić information content (AvgIpc) is 2.86. The van der Waals surface area contributed by atoms with Crippen molar-refractivity contribution in [3.8, 4) is 0 Å². The van der Waals surface area contributed by atoms with Gasteiger partial charge in [0.25, 0.3) is 0 Å². The zero-order valence-electron chi connectivity index (χ0n) is 11.0. The van der Waals surface area contributed by atoms with Gasteiger partial charge in [0, 0.05) is 11.1 Å². The summed E-state index contributed by atoms with van der Waals surface area (Å²) < 4.78 is 10.4. The van der Waals surface area contributed by atoms with Crippen molar-refractivity contribution in [3.63, 3.8) is 0 Å². The summed E-state index contributed by atoms with van der Waals surface area (Å²) in [6.45, 7) is 0. The number of carbonyl (C=O) groups excluding carboxylic acids is 1. The topological polar surface area (TPSA) is 51.5 Å². The minimum atomic E-state index is -0.204. The first-order chi connectivity index (χ1) is 9.24. The summed E-state index contributed by atoms with van der Waals surface area (Å²) in [5.74, 6) is 1.80. The number of fused-ring (bicyclic) bond motifs is 1. The molecule has 0 saturated carbocycles. The Morgan fingerprint density at radius 2 is 2.26 bits per heavy atom. The Kier molecular flexibility index (Phi) is 4.87. The first-order valence-corrected chi connectivity index (χ1v) is 7.20. The molecule has 0 fully saturated rings. The second kappa shape index (κ2) is 6.63. The highest BCUT2D eigenvalue weighted by Crippen LogP contribution is 2.25. The van der Waals surface area contributed by atoms with Gasteiger partial charge in [-0.05, 0) is 19.2 Å². The van der Waals surface area contributed by atoms with Crippen molar-refractivity contribution >= 4 is 28.7 Å². The molecule has 1 N–H and O–H groups in total. The number of furan rings is 1. The summed E-state index contributed by atoms with van der Waals surface area (Å²) in [5, 5.41) is 4.30. The monoisotopic (exact) mass is 279 g/mol. The fourth-order valence-electron chi connectivity index (χ4n) is 1.80. The predicted octanol–water partition coefficient (Wildman–Crippen LogP) is 2.60. The zero-order chi connectivity index (χ0) is 13.7. The molecular formula is C14H17NO3S. The molecule has 4 nitrogen and oxygen atoms in total. The minimum absolute atomic E-state index is 0.0852. The number of esters is 1. The molecule has 2 aromatic rings. The SMILES string of the molecule is CNC(CSCC(=O)OC)c1cc2ccccc2o1. The lowest BCUT2D eigenvalue weighted by Gasteiger charge is -2.12. The van der Waals surface area contributed by atoms with E-state index < -0.39 is 0 Å². The summed E-state index contributed by atoms with van der Waals surface area (Å²) in [6.07, 6.45) is 0. The number of para-hydroxylation sites is 1. The van der Waals surface area contributed by atoms with Crippen LogP contribution < -0.4 is 5.32 Å². The normalized spacial score (nSPS) is 12.5. The van der Waals surface area contributed by atoms with Gasteiger partial charge in [-0.15, -0.1) is 11.8 Å². The lowest BCUT2D eigenvalue weighted by molar-refractivity contribution is -0.137. The Balaban J connectivity index is 2.02. The van der Waals surface area contributed by atoms with Gasteiger partial charge < -0.3 is 14.5 Å². The van der Waals surface area contributed by atoms with Crippen LogP contribution in [0.3, 0.4) is 0 Å². The van der Waals surface area contributed by atoms with Crippen LogP contribution in [0, 0.1) is 0 Å². The van der Waals surface area contributed by atoms with E-state index in [-0.39, 0.29) is 12.0 Å². The summed E-state index contributed by atoms with van der Waals surface area (Å²) in [5.41, 5.74) is 0.885. The number of thioether (sulfide) groups is 1. The summed E-state index contributed by atoms with van der Waals surface area (Å²) >= 11 is 1.53. The van der Waals surface area contributed by atoms with Gasteiger partial charge in [-0.2, -0.15) is 0 Å². The number of carbonyl (C=O) groups is 1. The van der Waals surface area contributed by atoms with Crippen molar-refractivity contribution in [3.05, 3.63) is 36.1 Å². The fraction of sp³-hybridized carbons (Fsp3) is 0.357. The van der Waals surface area contributed by atoms with Crippen LogP contribution in [0.25, 0.3) is 11.0 Å². The van der Waals surface area contributed by atoms with Crippen molar-refractivity contribution in [1.82, 2.24) is 5.32 Å². The van der Waals surface area contributed by atoms with E-state index in [0.29, 0.717) is 5.75 Å². The van der Waals surface area contributed by atoms with Gasteiger partial charge in [0.1, 0.15) is 11.3 Å². The maximum atomic E-state index is 11.1. The van der Waals surface area contributed by atoms with E-state index >= 15 is 0 Å². The number of nitrogens with one attached hydrogen (secondary N) is 1. The van der Waals surface area contributed by atoms with E-state index in [4.69, 9.17) is 4.42 Å². The van der Waals surface area contributed by atoms with Gasteiger partial charge >= 0.3 is 5.97 Å². The Bertz CT molecular complexity index is 519. The first kappa shape index (κ1) is 14.0. The fourth-order valence-corrected chi connectivity index (χ4v) is 2.77. The molecule has 0 radical (unpaired) electrons. The Labute approximate surface area is 116 Å². The predicted molar refractivity (Wildman–Crippen MR) is 77.4 cm³/mol. The van der Waals surface area contributed by atoms with Crippen molar-refractivity contribution < 1.29 is 13.9 Å². The van der Waals surface area contributed by atoms with Crippen LogP contribution >= 0.6 is 11.8 Å². The number of rotatable bonds is 6. The van der Waals surface area contributed by atoms with Crippen LogP contribution in [0.4, 0.5) is 0 Å². The second-order valence-electron chi connectivity index (χ2n) is 4.12. The summed E-state index contributed by atoms with van der Waals surface area (Å²) in [4.78, 5) is 11.1. The van der Waals surface area contributed by atoms with Crippen molar-refractivity contribution in [2.45, 2.75) is 6.04 Å². The zero-order valence-corrected chi connectivity index (χ0v) is 11.8. The summed E-state index contributed by atoms with van der Waals surface area (Å²) in [6, 6.07) is 10.0. The van der Waals surface area contributed by atoms with Crippen LogP contribution in [0.2, 0.25) is 0 Å². The molecule has 0 bridgehead atoms. The Morgan fingerprint density at radius 3 is 2.95 bits per heavy atom. The van der Waals surface area contributed by atoms with Crippen molar-refractivity contribution in [1.29, 1.82) is 0 Å². The molecule has 5 heteroatoms. The lowest BCUT2D eigenvalue weighted by Crippen LogP contribution is -2.19. The number of benzene rings is 1. The van der Waals surface area contributed by atoms with E-state index in [1.54, 1.807) is 0 Å². The van der Waals surface area contributed by atoms with E-state index in [1.165, 1.54) is 18.9 Å². The molecule has 1 atom stereocenters. The number of hydrogen-bond donors (Lipinski definition) is 1. The number of methoxy groups -OCH3 is 1. The maximum Gasteiger partial charge on any atom is 0.315 e. The Morgan fingerprint density at radius 1 is 1.47 bits per heavy atom. The molecule has 0 amide bonds. The van der Waals surface area contributed by atoms with Crippen LogP contribution in [0.1, 0.15) is 11.8 Å². The Hall–Kier alpha value is -1.46. The van der Waals surface area contributed by atoms with Crippen LogP contribution in [0.5, 0.6) is 0 Å². The van der Waals surface area contributed by atoms with Gasteiger partial charge in [-0.25, -0.2) is 0 Å². The average molecular weight is 279 g/mol. The molecule has 19 heavy (non-hydrogen) atoms. The molecule has 1 unspecified atom stereocenters. The molecule has 0 aliphatic rings. The van der Waals surface area contributed by atoms with Gasteiger partial charge in [0.05, 0.1) is 18.9 Å². The van der Waals surface area contributed by atoms with Crippen LogP contribution in [-0.4, -0.2) is 31.6 Å². The molecule has 102 valence electrons. The third-order valence-corrected chi connectivity index (χ3v) is 3.88. The number of hydrogen-bond acceptors (Lipinski definition) is 5. The second-order valence-corrected chi connectivity index (χ2v) is 5.15. The van der Waals surface area contributed by atoms with E-state index in [2.05, 4.69) is 10.1 Å². The molecule has 0 aliphatic heterocycles. The van der Waals surface area contributed by atoms with Crippen LogP contribution in [0.15, 0.2) is 34.7 Å². The smallest absolute Gasteiger partial charge is 0.315 e. The minimum Gasteiger partial charge on any atom is -0.468 e. The van der Waals surface area contributed by atoms with Gasteiger partial charge in [0.15, 0.2) is 0 Å². The van der Waals surface area contributed by atoms with Crippen molar-refractivity contribution in [2.75, 3.05) is 25.7 Å². The molecule has 1 aromatic carbocycles. The molecule has 1 heterocycles. The van der Waals surface area contributed by atoms with E-state index in [1.807, 2.05) is 37.4 Å². The van der Waals surface area contributed by atoms with E-state index in [0.717, 1.165) is 22.5 Å². The van der Waals surface area contributed by atoms with Crippen LogP contribution in [-0.2, 0) is 9.53 Å². The van der Waals surface area contributed by atoms with E-state index in [9.17, 15) is 4.79 Å². The maximum absolute atomic E-state index is 11.1. The molecule has 1 aromatic heterocycles. The first-order valence-electron chi connectivity index (χ1n) is 6.05. The van der Waals surface area contributed by atoms with Gasteiger partial charge in [-0.1, -0.05) is 18.2 Å². The van der Waals surface area contributed by atoms with Gasteiger partial charge in [0.2, 0.25) is 0 Å². The van der Waals surface area contributed by atoms with Gasteiger partial charge in [-0.3, -0.25) is 4.79 Å². The summed E-state index contributed by atoms with van der Waals surface area (Å²) in [7, 11) is 3.29. The molecule has 0 aliphatic carbocycles. The molecule has 0 saturated heterocycles. The third-order valence-electron chi connectivity index (χ3n) is 2.87. The molecule has 0 spiro atoms.